The van der Waals surface area contributed by atoms with Gasteiger partial charge >= 0.3 is 0 Å². The van der Waals surface area contributed by atoms with Crippen molar-refractivity contribution in [2.75, 3.05) is 0 Å². The fourth-order valence-corrected chi connectivity index (χ4v) is 1.57. The summed E-state index contributed by atoms with van der Waals surface area (Å²) in [6.07, 6.45) is 6.88. The molecular weight excluding hydrogens is 196 g/mol. The fourth-order valence-electron chi connectivity index (χ4n) is 1.57. The summed E-state index contributed by atoms with van der Waals surface area (Å²) in [5.41, 5.74) is 4.76. The van der Waals surface area contributed by atoms with Crippen LogP contribution in [0.1, 0.15) is 22.5 Å². The highest BCUT2D eigenvalue weighted by atomic mass is 14.9. The molecule has 0 aliphatic carbocycles. The minimum Gasteiger partial charge on any atom is -0.348 e. The molecule has 0 saturated heterocycles. The summed E-state index contributed by atoms with van der Waals surface area (Å²) in [5, 5.41) is 0. The Hall–Kier alpha value is -1.83. The SMILES string of the molecule is Cc1ccc(C/C=C/c2nc[nH]c2C)cc1. The van der Waals surface area contributed by atoms with Crippen molar-refractivity contribution >= 4 is 6.08 Å². The van der Waals surface area contributed by atoms with E-state index in [-0.39, 0.29) is 0 Å². The number of H-pyrrole nitrogens is 1. The number of aromatic nitrogens is 2. The number of aromatic amines is 1. The van der Waals surface area contributed by atoms with Crippen LogP contribution in [0, 0.1) is 13.8 Å². The van der Waals surface area contributed by atoms with Crippen molar-refractivity contribution in [2.24, 2.45) is 0 Å². The molecule has 0 unspecified atom stereocenters. The van der Waals surface area contributed by atoms with Gasteiger partial charge in [0.15, 0.2) is 0 Å². The second-order valence-electron chi connectivity index (χ2n) is 4.00. The van der Waals surface area contributed by atoms with Gasteiger partial charge in [0.05, 0.1) is 12.0 Å². The van der Waals surface area contributed by atoms with Crippen LogP contribution in [0.25, 0.3) is 6.08 Å². The largest absolute Gasteiger partial charge is 0.348 e. The molecule has 16 heavy (non-hydrogen) atoms. The number of allylic oxidation sites excluding steroid dienone is 1. The number of nitrogens with zero attached hydrogens (tertiary/aromatic N) is 1. The van der Waals surface area contributed by atoms with Crippen molar-refractivity contribution in [2.45, 2.75) is 20.3 Å². The van der Waals surface area contributed by atoms with Crippen molar-refractivity contribution in [1.29, 1.82) is 0 Å². The van der Waals surface area contributed by atoms with Gasteiger partial charge in [-0.15, -0.1) is 0 Å². The third-order valence-corrected chi connectivity index (χ3v) is 2.62. The quantitative estimate of drug-likeness (QED) is 0.831. The Morgan fingerprint density at radius 1 is 1.19 bits per heavy atom. The Kier molecular flexibility index (Phi) is 3.20. The van der Waals surface area contributed by atoms with E-state index in [1.807, 2.05) is 6.92 Å². The molecule has 2 heteroatoms. The summed E-state index contributed by atoms with van der Waals surface area (Å²) >= 11 is 0. The van der Waals surface area contributed by atoms with Crippen molar-refractivity contribution in [1.82, 2.24) is 9.97 Å². The monoisotopic (exact) mass is 212 g/mol. The summed E-state index contributed by atoms with van der Waals surface area (Å²) in [5.74, 6) is 0. The maximum atomic E-state index is 4.22. The van der Waals surface area contributed by atoms with E-state index in [2.05, 4.69) is 53.3 Å². The van der Waals surface area contributed by atoms with Crippen LogP contribution in [0.15, 0.2) is 36.7 Å². The Bertz CT molecular complexity index is 478. The molecule has 0 saturated carbocycles. The summed E-state index contributed by atoms with van der Waals surface area (Å²) < 4.78 is 0. The predicted octanol–water partition coefficient (Wildman–Crippen LogP) is 3.28. The first-order valence-corrected chi connectivity index (χ1v) is 5.48. The van der Waals surface area contributed by atoms with Gasteiger partial charge in [0.1, 0.15) is 0 Å². The van der Waals surface area contributed by atoms with E-state index in [1.165, 1.54) is 11.1 Å². The predicted molar refractivity (Wildman–Crippen MR) is 67.2 cm³/mol. The highest BCUT2D eigenvalue weighted by Gasteiger charge is 1.94. The number of rotatable bonds is 3. The van der Waals surface area contributed by atoms with Crippen LogP contribution in [0.3, 0.4) is 0 Å². The topological polar surface area (TPSA) is 28.7 Å². The summed E-state index contributed by atoms with van der Waals surface area (Å²) in [6.45, 7) is 4.13. The van der Waals surface area contributed by atoms with Gasteiger partial charge < -0.3 is 4.98 Å². The Morgan fingerprint density at radius 3 is 2.56 bits per heavy atom. The lowest BCUT2D eigenvalue weighted by Crippen LogP contribution is -1.82. The van der Waals surface area contributed by atoms with Gasteiger partial charge in [0.25, 0.3) is 0 Å². The lowest BCUT2D eigenvalue weighted by Gasteiger charge is -1.96. The van der Waals surface area contributed by atoms with Gasteiger partial charge in [0, 0.05) is 5.69 Å². The van der Waals surface area contributed by atoms with E-state index in [9.17, 15) is 0 Å². The second kappa shape index (κ2) is 4.79. The van der Waals surface area contributed by atoms with Crippen molar-refractivity contribution in [3.05, 3.63) is 59.2 Å². The summed E-state index contributed by atoms with van der Waals surface area (Å²) in [7, 11) is 0. The van der Waals surface area contributed by atoms with E-state index < -0.39 is 0 Å². The Balaban J connectivity index is 2.00. The average Bonchev–Trinajstić information content (AvgIpc) is 2.68. The molecule has 0 radical (unpaired) electrons. The van der Waals surface area contributed by atoms with Crippen molar-refractivity contribution < 1.29 is 0 Å². The van der Waals surface area contributed by atoms with Crippen LogP contribution < -0.4 is 0 Å². The molecule has 0 atom stereocenters. The van der Waals surface area contributed by atoms with Crippen molar-refractivity contribution in [3.8, 4) is 0 Å². The molecule has 1 N–H and O–H groups in total. The highest BCUT2D eigenvalue weighted by Crippen LogP contribution is 2.07. The smallest absolute Gasteiger partial charge is 0.0929 e. The average molecular weight is 212 g/mol. The molecule has 0 spiro atoms. The Morgan fingerprint density at radius 2 is 1.94 bits per heavy atom. The van der Waals surface area contributed by atoms with Gasteiger partial charge in [-0.3, -0.25) is 0 Å². The van der Waals surface area contributed by atoms with Crippen LogP contribution in [0.4, 0.5) is 0 Å². The molecule has 82 valence electrons. The maximum absolute atomic E-state index is 4.22. The van der Waals surface area contributed by atoms with E-state index in [1.54, 1.807) is 6.33 Å². The third-order valence-electron chi connectivity index (χ3n) is 2.62. The first-order valence-electron chi connectivity index (χ1n) is 5.48. The minimum atomic E-state index is 0.951. The normalized spacial score (nSPS) is 11.1. The zero-order valence-electron chi connectivity index (χ0n) is 9.70. The molecule has 0 aliphatic heterocycles. The molecule has 2 nitrogen and oxygen atoms in total. The lowest BCUT2D eigenvalue weighted by molar-refractivity contribution is 1.25. The first-order chi connectivity index (χ1) is 7.75. The molecular formula is C14H16N2. The zero-order chi connectivity index (χ0) is 11.4. The molecule has 1 aromatic heterocycles. The third kappa shape index (κ3) is 2.60. The number of imidazole rings is 1. The minimum absolute atomic E-state index is 0.951. The summed E-state index contributed by atoms with van der Waals surface area (Å²) in [4.78, 5) is 7.28. The Labute approximate surface area is 96.1 Å². The van der Waals surface area contributed by atoms with Crippen LogP contribution in [0.5, 0.6) is 0 Å². The van der Waals surface area contributed by atoms with E-state index in [0.29, 0.717) is 0 Å². The first kappa shape index (κ1) is 10.7. The number of benzene rings is 1. The zero-order valence-corrected chi connectivity index (χ0v) is 9.70. The fraction of sp³-hybridized carbons (Fsp3) is 0.214. The second-order valence-corrected chi connectivity index (χ2v) is 4.00. The van der Waals surface area contributed by atoms with Crippen LogP contribution in [0.2, 0.25) is 0 Å². The molecule has 0 aliphatic rings. The maximum Gasteiger partial charge on any atom is 0.0929 e. The van der Waals surface area contributed by atoms with Gasteiger partial charge in [-0.2, -0.15) is 0 Å². The van der Waals surface area contributed by atoms with Gasteiger partial charge in [0.2, 0.25) is 0 Å². The van der Waals surface area contributed by atoms with Gasteiger partial charge in [-0.05, 0) is 31.9 Å². The van der Waals surface area contributed by atoms with Crippen LogP contribution in [-0.2, 0) is 6.42 Å². The molecule has 0 amide bonds. The number of hydrogen-bond donors (Lipinski definition) is 1. The van der Waals surface area contributed by atoms with Crippen LogP contribution in [-0.4, -0.2) is 9.97 Å². The molecule has 1 heterocycles. The summed E-state index contributed by atoms with van der Waals surface area (Å²) in [6, 6.07) is 8.61. The molecule has 2 rings (SSSR count). The lowest BCUT2D eigenvalue weighted by atomic mass is 10.1. The van der Waals surface area contributed by atoms with Gasteiger partial charge in [-0.25, -0.2) is 4.98 Å². The number of nitrogens with one attached hydrogen (secondary N) is 1. The molecule has 0 fully saturated rings. The van der Waals surface area contributed by atoms with E-state index >= 15 is 0 Å². The molecule has 2 aromatic rings. The highest BCUT2D eigenvalue weighted by molar-refractivity contribution is 5.47. The van der Waals surface area contributed by atoms with E-state index in [0.717, 1.165) is 17.8 Å². The standard InChI is InChI=1S/C14H16N2/c1-11-6-8-13(9-7-11)4-3-5-14-12(2)15-10-16-14/h3,5-10H,4H2,1-2H3,(H,15,16)/b5-3+. The van der Waals surface area contributed by atoms with E-state index in [4.69, 9.17) is 0 Å². The molecule has 0 bridgehead atoms. The number of hydrogen-bond acceptors (Lipinski definition) is 1. The number of aryl methyl sites for hydroxylation is 2. The van der Waals surface area contributed by atoms with Gasteiger partial charge in [-0.1, -0.05) is 35.9 Å². The van der Waals surface area contributed by atoms with Crippen LogP contribution >= 0.6 is 0 Å². The van der Waals surface area contributed by atoms with Crippen molar-refractivity contribution in [3.63, 3.8) is 0 Å². The molecule has 1 aromatic carbocycles.